The molecule has 4 heteroatoms. The lowest BCUT2D eigenvalue weighted by atomic mass is 10.0. The van der Waals surface area contributed by atoms with Crippen molar-refractivity contribution in [2.75, 3.05) is 0 Å². The van der Waals surface area contributed by atoms with Gasteiger partial charge in [0.25, 0.3) is 0 Å². The molecule has 0 saturated carbocycles. The Labute approximate surface area is 109 Å². The zero-order valence-electron chi connectivity index (χ0n) is 9.78. The fraction of sp³-hybridized carbons (Fsp3) is 0.143. The van der Waals surface area contributed by atoms with Crippen molar-refractivity contribution in [3.05, 3.63) is 64.2 Å². The average Bonchev–Trinajstić information content (AvgIpc) is 2.34. The number of nitrogens with zero attached hydrogens (tertiary/aromatic N) is 1. The van der Waals surface area contributed by atoms with Crippen molar-refractivity contribution in [2.24, 2.45) is 0 Å². The fourth-order valence-corrected chi connectivity index (χ4v) is 1.95. The molecule has 1 heterocycles. The second-order valence-electron chi connectivity index (χ2n) is 3.97. The smallest absolute Gasteiger partial charge is 0.185 e. The highest BCUT2D eigenvalue weighted by Crippen LogP contribution is 2.21. The third-order valence-corrected chi connectivity index (χ3v) is 3.03. The van der Waals surface area contributed by atoms with Crippen LogP contribution in [0, 0.1) is 12.7 Å². The number of halogens is 2. The highest BCUT2D eigenvalue weighted by atomic mass is 35.5. The van der Waals surface area contributed by atoms with E-state index in [9.17, 15) is 9.18 Å². The SMILES string of the molecule is Cc1cccnc1C(=O)Cc1c(F)cccc1Cl. The molecule has 2 nitrogen and oxygen atoms in total. The Kier molecular flexibility index (Phi) is 3.72. The molecule has 0 unspecified atom stereocenters. The largest absolute Gasteiger partial charge is 0.292 e. The van der Waals surface area contributed by atoms with Gasteiger partial charge in [0.1, 0.15) is 11.5 Å². The number of rotatable bonds is 3. The van der Waals surface area contributed by atoms with Crippen LogP contribution in [0.3, 0.4) is 0 Å². The van der Waals surface area contributed by atoms with Gasteiger partial charge in [0.15, 0.2) is 5.78 Å². The van der Waals surface area contributed by atoms with Gasteiger partial charge in [-0.1, -0.05) is 23.7 Å². The van der Waals surface area contributed by atoms with Crippen molar-refractivity contribution in [3.8, 4) is 0 Å². The normalized spacial score (nSPS) is 10.4. The number of hydrogen-bond donors (Lipinski definition) is 0. The van der Waals surface area contributed by atoms with Crippen LogP contribution in [-0.4, -0.2) is 10.8 Å². The van der Waals surface area contributed by atoms with Gasteiger partial charge in [-0.15, -0.1) is 0 Å². The van der Waals surface area contributed by atoms with Crippen LogP contribution in [0.5, 0.6) is 0 Å². The Morgan fingerprint density at radius 1 is 1.33 bits per heavy atom. The molecule has 0 radical (unpaired) electrons. The Morgan fingerprint density at radius 2 is 2.11 bits per heavy atom. The van der Waals surface area contributed by atoms with Crippen LogP contribution in [0.25, 0.3) is 0 Å². The van der Waals surface area contributed by atoms with Crippen LogP contribution in [0.1, 0.15) is 21.6 Å². The Hall–Kier alpha value is -1.74. The number of carbonyl (C=O) groups is 1. The molecule has 0 fully saturated rings. The first-order chi connectivity index (χ1) is 8.59. The number of hydrogen-bond acceptors (Lipinski definition) is 2. The molecule has 2 aromatic rings. The molecule has 0 atom stereocenters. The summed E-state index contributed by atoms with van der Waals surface area (Å²) in [7, 11) is 0. The van der Waals surface area contributed by atoms with E-state index in [1.807, 2.05) is 0 Å². The first-order valence-corrected chi connectivity index (χ1v) is 5.85. The van der Waals surface area contributed by atoms with E-state index in [0.29, 0.717) is 5.69 Å². The molecule has 18 heavy (non-hydrogen) atoms. The van der Waals surface area contributed by atoms with Crippen LogP contribution >= 0.6 is 11.6 Å². The predicted octanol–water partition coefficient (Wildman–Crippen LogP) is 3.61. The van der Waals surface area contributed by atoms with E-state index < -0.39 is 5.82 Å². The van der Waals surface area contributed by atoms with E-state index in [1.54, 1.807) is 31.3 Å². The molecule has 1 aromatic heterocycles. The molecule has 0 bridgehead atoms. The van der Waals surface area contributed by atoms with Gasteiger partial charge >= 0.3 is 0 Å². The summed E-state index contributed by atoms with van der Waals surface area (Å²) in [6, 6.07) is 7.92. The summed E-state index contributed by atoms with van der Waals surface area (Å²) in [6.45, 7) is 1.79. The van der Waals surface area contributed by atoms with Crippen LogP contribution in [0.15, 0.2) is 36.5 Å². The minimum Gasteiger partial charge on any atom is -0.292 e. The summed E-state index contributed by atoms with van der Waals surface area (Å²) in [4.78, 5) is 16.1. The minimum atomic E-state index is -0.468. The monoisotopic (exact) mass is 263 g/mol. The minimum absolute atomic E-state index is 0.0800. The van der Waals surface area contributed by atoms with Crippen molar-refractivity contribution in [3.63, 3.8) is 0 Å². The molecule has 0 saturated heterocycles. The van der Waals surface area contributed by atoms with Crippen molar-refractivity contribution >= 4 is 17.4 Å². The lowest BCUT2D eigenvalue weighted by Crippen LogP contribution is -2.09. The molecule has 2 rings (SSSR count). The first kappa shape index (κ1) is 12.7. The third kappa shape index (κ3) is 2.57. The number of pyridine rings is 1. The summed E-state index contributed by atoms with van der Waals surface area (Å²) in [5, 5.41) is 0.261. The molecular weight excluding hydrogens is 253 g/mol. The van der Waals surface area contributed by atoms with Gasteiger partial charge in [0, 0.05) is 23.2 Å². The summed E-state index contributed by atoms with van der Waals surface area (Å²) in [5.74, 6) is -0.704. The van der Waals surface area contributed by atoms with Gasteiger partial charge in [-0.3, -0.25) is 9.78 Å². The third-order valence-electron chi connectivity index (χ3n) is 2.67. The summed E-state index contributed by atoms with van der Waals surface area (Å²) in [6.07, 6.45) is 1.46. The molecule has 0 N–H and O–H groups in total. The number of benzene rings is 1. The van der Waals surface area contributed by atoms with E-state index in [2.05, 4.69) is 4.98 Å². The molecule has 0 spiro atoms. The highest BCUT2D eigenvalue weighted by Gasteiger charge is 2.15. The van der Waals surface area contributed by atoms with Crippen LogP contribution in [-0.2, 0) is 6.42 Å². The summed E-state index contributed by atoms with van der Waals surface area (Å²) in [5.41, 5.74) is 1.35. The van der Waals surface area contributed by atoms with Crippen LogP contribution in [0.2, 0.25) is 5.02 Å². The van der Waals surface area contributed by atoms with Crippen molar-refractivity contribution < 1.29 is 9.18 Å². The summed E-state index contributed by atoms with van der Waals surface area (Å²) < 4.78 is 13.6. The van der Waals surface area contributed by atoms with Gasteiger partial charge in [-0.05, 0) is 30.7 Å². The van der Waals surface area contributed by atoms with Crippen LogP contribution < -0.4 is 0 Å². The van der Waals surface area contributed by atoms with E-state index in [4.69, 9.17) is 11.6 Å². The number of Topliss-reactive ketones (excluding diaryl/α,β-unsaturated/α-hetero) is 1. The maximum atomic E-state index is 13.6. The van der Waals surface area contributed by atoms with E-state index >= 15 is 0 Å². The van der Waals surface area contributed by atoms with Crippen molar-refractivity contribution in [2.45, 2.75) is 13.3 Å². The molecular formula is C14H11ClFNO. The van der Waals surface area contributed by atoms with Gasteiger partial charge in [-0.25, -0.2) is 4.39 Å². The van der Waals surface area contributed by atoms with E-state index in [0.717, 1.165) is 5.56 Å². The average molecular weight is 264 g/mol. The lowest BCUT2D eigenvalue weighted by Gasteiger charge is -2.06. The second kappa shape index (κ2) is 5.27. The highest BCUT2D eigenvalue weighted by molar-refractivity contribution is 6.31. The van der Waals surface area contributed by atoms with Gasteiger partial charge in [-0.2, -0.15) is 0 Å². The molecule has 1 aromatic carbocycles. The second-order valence-corrected chi connectivity index (χ2v) is 4.38. The molecule has 0 aliphatic carbocycles. The number of ketones is 1. The number of aryl methyl sites for hydroxylation is 1. The predicted molar refractivity (Wildman–Crippen MR) is 68.4 cm³/mol. The maximum Gasteiger partial charge on any atom is 0.185 e. The van der Waals surface area contributed by atoms with Crippen molar-refractivity contribution in [1.29, 1.82) is 0 Å². The molecule has 0 aliphatic rings. The first-order valence-electron chi connectivity index (χ1n) is 5.47. The Bertz CT molecular complexity index is 578. The van der Waals surface area contributed by atoms with Gasteiger partial charge in [0.05, 0.1) is 0 Å². The Balaban J connectivity index is 2.30. The maximum absolute atomic E-state index is 13.6. The fourth-order valence-electron chi connectivity index (χ4n) is 1.72. The topological polar surface area (TPSA) is 30.0 Å². The van der Waals surface area contributed by atoms with E-state index in [1.165, 1.54) is 12.1 Å². The zero-order valence-corrected chi connectivity index (χ0v) is 10.5. The van der Waals surface area contributed by atoms with Gasteiger partial charge < -0.3 is 0 Å². The number of carbonyl (C=O) groups excluding carboxylic acids is 1. The van der Waals surface area contributed by atoms with Crippen LogP contribution in [0.4, 0.5) is 4.39 Å². The standard InChI is InChI=1S/C14H11ClFNO/c1-9-4-3-7-17-14(9)13(18)8-10-11(15)5-2-6-12(10)16/h2-7H,8H2,1H3. The summed E-state index contributed by atoms with van der Waals surface area (Å²) >= 11 is 5.89. The lowest BCUT2D eigenvalue weighted by molar-refractivity contribution is 0.0986. The van der Waals surface area contributed by atoms with Crippen molar-refractivity contribution in [1.82, 2.24) is 4.98 Å². The Morgan fingerprint density at radius 3 is 2.78 bits per heavy atom. The quantitative estimate of drug-likeness (QED) is 0.792. The van der Waals surface area contributed by atoms with E-state index in [-0.39, 0.29) is 22.8 Å². The molecule has 0 aliphatic heterocycles. The molecule has 92 valence electrons. The zero-order chi connectivity index (χ0) is 13.1. The molecule has 0 amide bonds. The number of aromatic nitrogens is 1. The van der Waals surface area contributed by atoms with Gasteiger partial charge in [0.2, 0.25) is 0 Å².